The third-order valence-electron chi connectivity index (χ3n) is 7.12. The highest BCUT2D eigenvalue weighted by molar-refractivity contribution is 5.90. The Hall–Kier alpha value is -3.63. The molecule has 4 aromatic rings. The Balaban J connectivity index is 1.34. The van der Waals surface area contributed by atoms with Crippen LogP contribution in [0.5, 0.6) is 0 Å². The van der Waals surface area contributed by atoms with Crippen LogP contribution in [0, 0.1) is 0 Å². The second-order valence-electron chi connectivity index (χ2n) is 9.61. The molecule has 0 fully saturated rings. The van der Waals surface area contributed by atoms with Crippen molar-refractivity contribution in [3.05, 3.63) is 113 Å². The Kier molecular flexibility index (Phi) is 6.82. The fourth-order valence-electron chi connectivity index (χ4n) is 5.13. The summed E-state index contributed by atoms with van der Waals surface area (Å²) >= 11 is 0. The van der Waals surface area contributed by atoms with Gasteiger partial charge in [-0.3, -0.25) is 9.69 Å². The van der Waals surface area contributed by atoms with E-state index in [1.165, 1.54) is 27.8 Å². The van der Waals surface area contributed by atoms with Crippen molar-refractivity contribution in [2.24, 2.45) is 0 Å². The van der Waals surface area contributed by atoms with Crippen LogP contribution in [0.3, 0.4) is 0 Å². The number of anilines is 1. The SMILES string of the molecule is CN(C)c1ccc(C(CNC(=O)Cc2cccc3ccccc23)N2CCc3ccccc3C2)cc1. The first-order valence-corrected chi connectivity index (χ1v) is 12.4. The molecule has 1 atom stereocenters. The zero-order chi connectivity index (χ0) is 24.2. The topological polar surface area (TPSA) is 35.6 Å². The van der Waals surface area contributed by atoms with Gasteiger partial charge in [0.2, 0.25) is 5.91 Å². The van der Waals surface area contributed by atoms with Gasteiger partial charge < -0.3 is 10.2 Å². The van der Waals surface area contributed by atoms with Gasteiger partial charge in [-0.1, -0.05) is 78.9 Å². The highest BCUT2D eigenvalue weighted by Gasteiger charge is 2.25. The zero-order valence-electron chi connectivity index (χ0n) is 20.6. The first kappa shape index (κ1) is 23.1. The monoisotopic (exact) mass is 463 g/mol. The standard InChI is InChI=1S/C31H33N3O/c1-33(2)28-16-14-25(15-17-28)30(34-19-18-23-8-3-4-10-27(23)22-34)21-32-31(35)20-26-12-7-11-24-9-5-6-13-29(24)26/h3-17,30H,18-22H2,1-2H3,(H,32,35). The van der Waals surface area contributed by atoms with E-state index in [2.05, 4.69) is 102 Å². The first-order valence-electron chi connectivity index (χ1n) is 12.4. The van der Waals surface area contributed by atoms with Crippen LogP contribution >= 0.6 is 0 Å². The lowest BCUT2D eigenvalue weighted by molar-refractivity contribution is -0.120. The lowest BCUT2D eigenvalue weighted by Gasteiger charge is -2.36. The van der Waals surface area contributed by atoms with Crippen molar-refractivity contribution in [1.82, 2.24) is 10.2 Å². The van der Waals surface area contributed by atoms with Crippen LogP contribution in [-0.2, 0) is 24.2 Å². The maximum atomic E-state index is 13.1. The molecule has 0 bridgehead atoms. The average Bonchev–Trinajstić information content (AvgIpc) is 2.89. The molecule has 0 radical (unpaired) electrons. The predicted octanol–water partition coefficient (Wildman–Crippen LogP) is 5.36. The number of hydrogen-bond acceptors (Lipinski definition) is 3. The summed E-state index contributed by atoms with van der Waals surface area (Å²) in [5.74, 6) is 0.0636. The smallest absolute Gasteiger partial charge is 0.224 e. The lowest BCUT2D eigenvalue weighted by Crippen LogP contribution is -2.41. The van der Waals surface area contributed by atoms with Gasteiger partial charge in [0.1, 0.15) is 0 Å². The van der Waals surface area contributed by atoms with E-state index in [-0.39, 0.29) is 11.9 Å². The molecule has 1 aliphatic heterocycles. The number of nitrogens with zero attached hydrogens (tertiary/aromatic N) is 2. The van der Waals surface area contributed by atoms with Crippen LogP contribution < -0.4 is 10.2 Å². The quantitative estimate of drug-likeness (QED) is 0.401. The van der Waals surface area contributed by atoms with Crippen molar-refractivity contribution >= 4 is 22.4 Å². The Morgan fingerprint density at radius 3 is 2.40 bits per heavy atom. The molecule has 0 saturated carbocycles. The number of carbonyl (C=O) groups is 1. The highest BCUT2D eigenvalue weighted by Crippen LogP contribution is 2.29. The summed E-state index contributed by atoms with van der Waals surface area (Å²) in [6.07, 6.45) is 1.42. The van der Waals surface area contributed by atoms with E-state index in [4.69, 9.17) is 0 Å². The zero-order valence-corrected chi connectivity index (χ0v) is 20.6. The van der Waals surface area contributed by atoms with Crippen LogP contribution in [0.25, 0.3) is 10.8 Å². The molecule has 5 rings (SSSR count). The maximum Gasteiger partial charge on any atom is 0.224 e. The fraction of sp³-hybridized carbons (Fsp3) is 0.258. The average molecular weight is 464 g/mol. The van der Waals surface area contributed by atoms with E-state index in [9.17, 15) is 4.79 Å². The Bertz CT molecular complexity index is 1310. The molecule has 1 aliphatic rings. The minimum absolute atomic E-state index is 0.0636. The first-order chi connectivity index (χ1) is 17.1. The third-order valence-corrected chi connectivity index (χ3v) is 7.12. The second kappa shape index (κ2) is 10.3. The molecule has 1 N–H and O–H groups in total. The van der Waals surface area contributed by atoms with Crippen molar-refractivity contribution in [2.75, 3.05) is 32.1 Å². The minimum Gasteiger partial charge on any atom is -0.378 e. The second-order valence-corrected chi connectivity index (χ2v) is 9.61. The summed E-state index contributed by atoms with van der Waals surface area (Å²) in [4.78, 5) is 17.7. The molecule has 4 heteroatoms. The molecule has 0 aliphatic carbocycles. The molecule has 0 saturated heterocycles. The lowest BCUT2D eigenvalue weighted by atomic mass is 9.96. The molecule has 178 valence electrons. The van der Waals surface area contributed by atoms with Crippen LogP contribution in [0.4, 0.5) is 5.69 Å². The van der Waals surface area contributed by atoms with Crippen molar-refractivity contribution in [3.63, 3.8) is 0 Å². The molecular formula is C31H33N3O. The van der Waals surface area contributed by atoms with Crippen molar-refractivity contribution < 1.29 is 4.79 Å². The molecule has 1 amide bonds. The van der Waals surface area contributed by atoms with Crippen molar-refractivity contribution in [1.29, 1.82) is 0 Å². The van der Waals surface area contributed by atoms with Gasteiger partial charge in [-0.15, -0.1) is 0 Å². The molecule has 0 spiro atoms. The number of benzene rings is 4. The van der Waals surface area contributed by atoms with Crippen molar-refractivity contribution in [2.45, 2.75) is 25.4 Å². The van der Waals surface area contributed by atoms with Gasteiger partial charge in [-0.2, -0.15) is 0 Å². The molecular weight excluding hydrogens is 430 g/mol. The Morgan fingerprint density at radius 1 is 0.886 bits per heavy atom. The Morgan fingerprint density at radius 2 is 1.60 bits per heavy atom. The van der Waals surface area contributed by atoms with Gasteiger partial charge in [-0.25, -0.2) is 0 Å². The van der Waals surface area contributed by atoms with E-state index in [1.807, 2.05) is 18.2 Å². The van der Waals surface area contributed by atoms with E-state index in [0.29, 0.717) is 13.0 Å². The molecule has 1 unspecified atom stereocenters. The van der Waals surface area contributed by atoms with Gasteiger partial charge in [0.25, 0.3) is 0 Å². The summed E-state index contributed by atoms with van der Waals surface area (Å²) in [6, 6.07) is 32.0. The maximum absolute atomic E-state index is 13.1. The molecule has 35 heavy (non-hydrogen) atoms. The number of nitrogens with one attached hydrogen (secondary N) is 1. The van der Waals surface area contributed by atoms with Crippen LogP contribution in [-0.4, -0.2) is 38.0 Å². The summed E-state index contributed by atoms with van der Waals surface area (Å²) in [6.45, 7) is 2.47. The minimum atomic E-state index is 0.0636. The molecule has 4 nitrogen and oxygen atoms in total. The van der Waals surface area contributed by atoms with Crippen molar-refractivity contribution in [3.8, 4) is 0 Å². The normalized spacial score (nSPS) is 14.3. The summed E-state index contributed by atoms with van der Waals surface area (Å²) in [7, 11) is 4.11. The van der Waals surface area contributed by atoms with E-state index >= 15 is 0 Å². The molecule has 1 heterocycles. The number of hydrogen-bond donors (Lipinski definition) is 1. The van der Waals surface area contributed by atoms with E-state index in [0.717, 1.165) is 30.5 Å². The van der Waals surface area contributed by atoms with Crippen LogP contribution in [0.1, 0.15) is 28.3 Å². The van der Waals surface area contributed by atoms with Crippen LogP contribution in [0.2, 0.25) is 0 Å². The van der Waals surface area contributed by atoms with Gasteiger partial charge in [0, 0.05) is 39.4 Å². The summed E-state index contributed by atoms with van der Waals surface area (Å²) in [5.41, 5.74) is 6.30. The number of amides is 1. The van der Waals surface area contributed by atoms with E-state index in [1.54, 1.807) is 0 Å². The Labute approximate surface area is 208 Å². The largest absolute Gasteiger partial charge is 0.378 e. The number of rotatable bonds is 7. The highest BCUT2D eigenvalue weighted by atomic mass is 16.1. The molecule has 4 aromatic carbocycles. The van der Waals surface area contributed by atoms with Gasteiger partial charge >= 0.3 is 0 Å². The number of fused-ring (bicyclic) bond motifs is 2. The van der Waals surface area contributed by atoms with Gasteiger partial charge in [0.05, 0.1) is 12.5 Å². The predicted molar refractivity (Wildman–Crippen MR) is 145 cm³/mol. The fourth-order valence-corrected chi connectivity index (χ4v) is 5.13. The summed E-state index contributed by atoms with van der Waals surface area (Å²) < 4.78 is 0. The van der Waals surface area contributed by atoms with Gasteiger partial charge in [-0.05, 0) is 51.6 Å². The molecule has 0 aromatic heterocycles. The summed E-state index contributed by atoms with van der Waals surface area (Å²) in [5, 5.41) is 5.58. The third kappa shape index (κ3) is 5.23. The number of carbonyl (C=O) groups excluding carboxylic acids is 1. The van der Waals surface area contributed by atoms with E-state index < -0.39 is 0 Å². The van der Waals surface area contributed by atoms with Crippen LogP contribution in [0.15, 0.2) is 91.0 Å². The van der Waals surface area contributed by atoms with Gasteiger partial charge in [0.15, 0.2) is 0 Å².